The van der Waals surface area contributed by atoms with E-state index in [0.717, 1.165) is 10.9 Å². The molecule has 1 heterocycles. The van der Waals surface area contributed by atoms with Crippen LogP contribution in [-0.4, -0.2) is 24.3 Å². The Bertz CT molecular complexity index is 501. The quantitative estimate of drug-likeness (QED) is 0.854. The summed E-state index contributed by atoms with van der Waals surface area (Å²) in [5, 5.41) is 10.1. The molecular weight excluding hydrogens is 206 g/mol. The van der Waals surface area contributed by atoms with E-state index in [1.807, 2.05) is 6.07 Å². The molecule has 1 aromatic carbocycles. The Kier molecular flexibility index (Phi) is 2.92. The van der Waals surface area contributed by atoms with E-state index in [1.54, 1.807) is 32.5 Å². The van der Waals surface area contributed by atoms with Crippen molar-refractivity contribution in [1.82, 2.24) is 4.98 Å². The predicted molar refractivity (Wildman–Crippen MR) is 60.8 cm³/mol. The van der Waals surface area contributed by atoms with Gasteiger partial charge in [-0.1, -0.05) is 0 Å². The number of fused-ring (bicyclic) bond motifs is 1. The largest absolute Gasteiger partial charge is 0.496 e. The maximum absolute atomic E-state index is 9.30. The molecule has 4 nitrogen and oxygen atoms in total. The minimum absolute atomic E-state index is 0.0530. The third-order valence-corrected chi connectivity index (χ3v) is 2.51. The van der Waals surface area contributed by atoms with E-state index in [4.69, 9.17) is 9.47 Å². The van der Waals surface area contributed by atoms with Crippen LogP contribution in [0.25, 0.3) is 10.9 Å². The molecule has 0 radical (unpaired) electrons. The highest BCUT2D eigenvalue weighted by atomic mass is 16.5. The molecule has 16 heavy (non-hydrogen) atoms. The van der Waals surface area contributed by atoms with Crippen LogP contribution in [0.1, 0.15) is 5.56 Å². The summed E-state index contributed by atoms with van der Waals surface area (Å²) in [6.07, 6.45) is 1.65. The molecule has 4 heteroatoms. The van der Waals surface area contributed by atoms with Crippen LogP contribution < -0.4 is 9.47 Å². The molecule has 0 aliphatic rings. The number of hydrogen-bond donors (Lipinski definition) is 1. The van der Waals surface area contributed by atoms with E-state index < -0.39 is 0 Å². The van der Waals surface area contributed by atoms with Gasteiger partial charge in [-0.2, -0.15) is 0 Å². The van der Waals surface area contributed by atoms with Crippen molar-refractivity contribution in [2.24, 2.45) is 0 Å². The van der Waals surface area contributed by atoms with Crippen molar-refractivity contribution in [1.29, 1.82) is 0 Å². The van der Waals surface area contributed by atoms with Crippen LogP contribution in [-0.2, 0) is 6.61 Å². The lowest BCUT2D eigenvalue weighted by Gasteiger charge is -2.11. The average Bonchev–Trinajstić information content (AvgIpc) is 2.36. The molecule has 2 aromatic rings. The molecule has 0 bridgehead atoms. The van der Waals surface area contributed by atoms with Gasteiger partial charge in [0.1, 0.15) is 17.0 Å². The fourth-order valence-corrected chi connectivity index (χ4v) is 1.74. The number of methoxy groups -OCH3 is 2. The molecule has 0 spiro atoms. The van der Waals surface area contributed by atoms with Crippen molar-refractivity contribution in [2.45, 2.75) is 6.61 Å². The Morgan fingerprint density at radius 3 is 2.44 bits per heavy atom. The first-order valence-corrected chi connectivity index (χ1v) is 4.91. The Morgan fingerprint density at radius 2 is 1.81 bits per heavy atom. The summed E-state index contributed by atoms with van der Waals surface area (Å²) < 4.78 is 10.5. The second-order valence-corrected chi connectivity index (χ2v) is 3.32. The highest BCUT2D eigenvalue weighted by Crippen LogP contribution is 2.33. The van der Waals surface area contributed by atoms with Crippen LogP contribution >= 0.6 is 0 Å². The first-order chi connectivity index (χ1) is 7.81. The Labute approximate surface area is 93.4 Å². The van der Waals surface area contributed by atoms with Gasteiger partial charge >= 0.3 is 0 Å². The second-order valence-electron chi connectivity index (χ2n) is 3.32. The number of nitrogens with zero attached hydrogens (tertiary/aromatic N) is 1. The maximum atomic E-state index is 9.30. The fraction of sp³-hybridized carbons (Fsp3) is 0.250. The van der Waals surface area contributed by atoms with E-state index in [1.165, 1.54) is 0 Å². The van der Waals surface area contributed by atoms with Crippen molar-refractivity contribution < 1.29 is 14.6 Å². The number of pyridine rings is 1. The molecule has 0 aliphatic carbocycles. The Hall–Kier alpha value is -1.81. The number of aromatic nitrogens is 1. The Balaban J connectivity index is 2.84. The van der Waals surface area contributed by atoms with Crippen molar-refractivity contribution in [3.8, 4) is 11.5 Å². The average molecular weight is 219 g/mol. The lowest BCUT2D eigenvalue weighted by atomic mass is 10.1. The second kappa shape index (κ2) is 4.37. The number of rotatable bonds is 3. The molecule has 2 rings (SSSR count). The standard InChI is InChI=1S/C12H13NO3/c1-15-9-3-4-10(16-2)12-11(9)8(7-14)5-6-13-12/h3-6,14H,7H2,1-2H3. The summed E-state index contributed by atoms with van der Waals surface area (Å²) in [5.74, 6) is 1.36. The van der Waals surface area contributed by atoms with Gasteiger partial charge < -0.3 is 14.6 Å². The van der Waals surface area contributed by atoms with Crippen molar-refractivity contribution in [3.05, 3.63) is 30.0 Å². The number of aliphatic hydroxyl groups is 1. The highest BCUT2D eigenvalue weighted by Gasteiger charge is 2.11. The van der Waals surface area contributed by atoms with Crippen LogP contribution in [0, 0.1) is 0 Å². The van der Waals surface area contributed by atoms with E-state index in [-0.39, 0.29) is 6.61 Å². The third-order valence-electron chi connectivity index (χ3n) is 2.51. The first-order valence-electron chi connectivity index (χ1n) is 4.91. The molecular formula is C12H13NO3. The topological polar surface area (TPSA) is 51.6 Å². The SMILES string of the molecule is COc1ccc(OC)c2c(CO)ccnc12. The zero-order valence-electron chi connectivity index (χ0n) is 9.23. The predicted octanol–water partition coefficient (Wildman–Crippen LogP) is 1.74. The van der Waals surface area contributed by atoms with Crippen LogP contribution in [0.3, 0.4) is 0 Å². The van der Waals surface area contributed by atoms with E-state index in [9.17, 15) is 5.11 Å². The molecule has 0 saturated heterocycles. The summed E-state index contributed by atoms with van der Waals surface area (Å²) in [4.78, 5) is 4.25. The monoisotopic (exact) mass is 219 g/mol. The van der Waals surface area contributed by atoms with Crippen LogP contribution in [0.5, 0.6) is 11.5 Å². The molecule has 84 valence electrons. The van der Waals surface area contributed by atoms with Gasteiger partial charge in [0.2, 0.25) is 0 Å². The van der Waals surface area contributed by atoms with E-state index in [2.05, 4.69) is 4.98 Å². The van der Waals surface area contributed by atoms with E-state index >= 15 is 0 Å². The van der Waals surface area contributed by atoms with Gasteiger partial charge in [0.25, 0.3) is 0 Å². The minimum Gasteiger partial charge on any atom is -0.496 e. The molecule has 0 amide bonds. The third kappa shape index (κ3) is 1.57. The number of aliphatic hydroxyl groups excluding tert-OH is 1. The van der Waals surface area contributed by atoms with Gasteiger partial charge in [-0.05, 0) is 23.8 Å². The first kappa shape index (κ1) is 10.7. The molecule has 0 unspecified atom stereocenters. The van der Waals surface area contributed by atoms with Gasteiger partial charge in [0, 0.05) is 6.20 Å². The number of ether oxygens (including phenoxy) is 2. The van der Waals surface area contributed by atoms with Gasteiger partial charge in [0.05, 0.1) is 26.2 Å². The highest BCUT2D eigenvalue weighted by molar-refractivity contribution is 5.92. The van der Waals surface area contributed by atoms with Gasteiger partial charge in [0.15, 0.2) is 0 Å². The molecule has 1 aromatic heterocycles. The van der Waals surface area contributed by atoms with Crippen molar-refractivity contribution in [2.75, 3.05) is 14.2 Å². The maximum Gasteiger partial charge on any atom is 0.145 e. The molecule has 0 atom stereocenters. The molecule has 1 N–H and O–H groups in total. The van der Waals surface area contributed by atoms with Crippen LogP contribution in [0.4, 0.5) is 0 Å². The van der Waals surface area contributed by atoms with E-state index in [0.29, 0.717) is 17.0 Å². The lowest BCUT2D eigenvalue weighted by molar-refractivity contribution is 0.283. The van der Waals surface area contributed by atoms with Crippen molar-refractivity contribution in [3.63, 3.8) is 0 Å². The van der Waals surface area contributed by atoms with Crippen molar-refractivity contribution >= 4 is 10.9 Å². The normalized spacial score (nSPS) is 10.4. The zero-order valence-corrected chi connectivity index (χ0v) is 9.23. The summed E-state index contributed by atoms with van der Waals surface area (Å²) in [7, 11) is 3.18. The molecule has 0 saturated carbocycles. The number of hydrogen-bond acceptors (Lipinski definition) is 4. The summed E-state index contributed by atoms with van der Waals surface area (Å²) >= 11 is 0. The minimum atomic E-state index is -0.0530. The van der Waals surface area contributed by atoms with Crippen LogP contribution in [0.2, 0.25) is 0 Å². The fourth-order valence-electron chi connectivity index (χ4n) is 1.74. The summed E-state index contributed by atoms with van der Waals surface area (Å²) in [6, 6.07) is 5.38. The van der Waals surface area contributed by atoms with Gasteiger partial charge in [-0.3, -0.25) is 4.98 Å². The van der Waals surface area contributed by atoms with Crippen LogP contribution in [0.15, 0.2) is 24.4 Å². The van der Waals surface area contributed by atoms with Gasteiger partial charge in [-0.25, -0.2) is 0 Å². The Morgan fingerprint density at radius 1 is 1.12 bits per heavy atom. The molecule has 0 fully saturated rings. The molecule has 0 aliphatic heterocycles. The summed E-state index contributed by atoms with van der Waals surface area (Å²) in [5.41, 5.74) is 1.48. The zero-order chi connectivity index (χ0) is 11.5. The smallest absolute Gasteiger partial charge is 0.145 e. The van der Waals surface area contributed by atoms with Gasteiger partial charge in [-0.15, -0.1) is 0 Å². The number of benzene rings is 1. The lowest BCUT2D eigenvalue weighted by Crippen LogP contribution is -1.95. The summed E-state index contributed by atoms with van der Waals surface area (Å²) in [6.45, 7) is -0.0530.